The third-order valence-electron chi connectivity index (χ3n) is 7.87. The van der Waals surface area contributed by atoms with Crippen molar-refractivity contribution in [3.8, 4) is 5.75 Å². The van der Waals surface area contributed by atoms with E-state index in [-0.39, 0.29) is 18.0 Å². The molecule has 0 spiro atoms. The average Bonchev–Trinajstić information content (AvgIpc) is 2.83. The normalized spacial score (nSPS) is 34.0. The second-order valence-electron chi connectivity index (χ2n) is 9.82. The van der Waals surface area contributed by atoms with Crippen LogP contribution in [0.5, 0.6) is 5.75 Å². The van der Waals surface area contributed by atoms with Crippen molar-refractivity contribution in [1.29, 1.82) is 0 Å². The van der Waals surface area contributed by atoms with Crippen LogP contribution < -0.4 is 4.74 Å². The van der Waals surface area contributed by atoms with Crippen molar-refractivity contribution in [2.45, 2.75) is 77.4 Å². The van der Waals surface area contributed by atoms with E-state index in [0.29, 0.717) is 29.9 Å². The predicted octanol–water partition coefficient (Wildman–Crippen LogP) is 7.01. The number of ether oxygens (including phenoxy) is 3. The van der Waals surface area contributed by atoms with Crippen molar-refractivity contribution in [1.82, 2.24) is 0 Å². The number of hydrogen-bond acceptors (Lipinski definition) is 3. The summed E-state index contributed by atoms with van der Waals surface area (Å²) in [5.74, 6) is 0.914. The van der Waals surface area contributed by atoms with E-state index >= 15 is 0 Å². The van der Waals surface area contributed by atoms with Crippen LogP contribution in [-0.4, -0.2) is 26.1 Å². The van der Waals surface area contributed by atoms with Gasteiger partial charge in [0.1, 0.15) is 0 Å². The SMILES string of the molecule is C/C=C/C1COC(C2CCC(C3CCC(c4ccc(OCC)c(F)c4F)CC3)CC2)OC1. The van der Waals surface area contributed by atoms with Gasteiger partial charge >= 0.3 is 0 Å². The molecule has 0 amide bonds. The molecule has 3 nitrogen and oxygen atoms in total. The molecule has 5 heteroatoms. The number of halogens is 2. The van der Waals surface area contributed by atoms with Gasteiger partial charge in [0.15, 0.2) is 17.9 Å². The van der Waals surface area contributed by atoms with Crippen molar-refractivity contribution in [3.63, 3.8) is 0 Å². The van der Waals surface area contributed by atoms with Crippen molar-refractivity contribution in [2.75, 3.05) is 19.8 Å². The van der Waals surface area contributed by atoms with Gasteiger partial charge < -0.3 is 14.2 Å². The molecule has 3 fully saturated rings. The first-order chi connectivity index (χ1) is 15.6. The van der Waals surface area contributed by atoms with Crippen LogP contribution >= 0.6 is 0 Å². The van der Waals surface area contributed by atoms with E-state index in [4.69, 9.17) is 14.2 Å². The summed E-state index contributed by atoms with van der Waals surface area (Å²) in [5.41, 5.74) is 0.524. The highest BCUT2D eigenvalue weighted by atomic mass is 19.2. The van der Waals surface area contributed by atoms with Gasteiger partial charge in [0.2, 0.25) is 5.82 Å². The van der Waals surface area contributed by atoms with E-state index in [1.165, 1.54) is 25.7 Å². The standard InChI is InChI=1S/C27H38F2O3/c1-3-5-18-16-31-27(32-17-18)22-12-8-20(9-13-22)19-6-10-21(11-7-19)23-14-15-24(30-4-2)26(29)25(23)28/h3,5,14-15,18-22,27H,4,6-13,16-17H2,1-2H3/b5-3+. The van der Waals surface area contributed by atoms with Gasteiger partial charge in [0.25, 0.3) is 0 Å². The van der Waals surface area contributed by atoms with Crippen LogP contribution in [0.1, 0.15) is 76.7 Å². The summed E-state index contributed by atoms with van der Waals surface area (Å²) < 4.78 is 46.2. The third-order valence-corrected chi connectivity index (χ3v) is 7.87. The molecule has 178 valence electrons. The quantitative estimate of drug-likeness (QED) is 0.438. The van der Waals surface area contributed by atoms with E-state index in [2.05, 4.69) is 12.2 Å². The van der Waals surface area contributed by atoms with Crippen LogP contribution in [0, 0.1) is 35.3 Å². The largest absolute Gasteiger partial charge is 0.491 e. The minimum atomic E-state index is -0.839. The second-order valence-corrected chi connectivity index (χ2v) is 9.82. The van der Waals surface area contributed by atoms with E-state index in [9.17, 15) is 8.78 Å². The summed E-state index contributed by atoms with van der Waals surface area (Å²) in [6.45, 7) is 5.67. The van der Waals surface area contributed by atoms with Crippen molar-refractivity contribution >= 4 is 0 Å². The first-order valence-corrected chi connectivity index (χ1v) is 12.6. The summed E-state index contributed by atoms with van der Waals surface area (Å²) >= 11 is 0. The van der Waals surface area contributed by atoms with Crippen LogP contribution in [0.25, 0.3) is 0 Å². The van der Waals surface area contributed by atoms with Crippen LogP contribution in [0.3, 0.4) is 0 Å². The topological polar surface area (TPSA) is 27.7 Å². The first-order valence-electron chi connectivity index (χ1n) is 12.6. The molecule has 1 heterocycles. The molecule has 0 unspecified atom stereocenters. The van der Waals surface area contributed by atoms with Gasteiger partial charge in [-0.05, 0) is 94.6 Å². The van der Waals surface area contributed by atoms with Crippen LogP contribution in [0.15, 0.2) is 24.3 Å². The maximum absolute atomic E-state index is 14.6. The van der Waals surface area contributed by atoms with Crippen molar-refractivity contribution in [3.05, 3.63) is 41.5 Å². The molecule has 32 heavy (non-hydrogen) atoms. The lowest BCUT2D eigenvalue weighted by molar-refractivity contribution is -0.223. The number of benzene rings is 1. The molecule has 4 rings (SSSR count). The Hall–Kier alpha value is -1.46. The zero-order chi connectivity index (χ0) is 22.5. The summed E-state index contributed by atoms with van der Waals surface area (Å²) in [6, 6.07) is 3.31. The monoisotopic (exact) mass is 448 g/mol. The molecular weight excluding hydrogens is 410 g/mol. The molecule has 0 aromatic heterocycles. The highest BCUT2D eigenvalue weighted by Gasteiger charge is 2.36. The second kappa shape index (κ2) is 11.1. The molecule has 0 N–H and O–H groups in total. The van der Waals surface area contributed by atoms with Gasteiger partial charge in [0, 0.05) is 11.8 Å². The molecular formula is C27H38F2O3. The lowest BCUT2D eigenvalue weighted by Crippen LogP contribution is -2.38. The lowest BCUT2D eigenvalue weighted by atomic mass is 9.68. The molecule has 0 atom stereocenters. The molecule has 1 saturated heterocycles. The van der Waals surface area contributed by atoms with Gasteiger partial charge in [-0.1, -0.05) is 18.2 Å². The number of hydrogen-bond donors (Lipinski definition) is 0. The fraction of sp³-hybridized carbons (Fsp3) is 0.704. The smallest absolute Gasteiger partial charge is 0.200 e. The van der Waals surface area contributed by atoms with E-state index < -0.39 is 11.6 Å². The first kappa shape index (κ1) is 23.7. The zero-order valence-corrected chi connectivity index (χ0v) is 19.5. The minimum Gasteiger partial charge on any atom is -0.491 e. The van der Waals surface area contributed by atoms with Gasteiger partial charge in [-0.15, -0.1) is 0 Å². The van der Waals surface area contributed by atoms with Crippen molar-refractivity contribution < 1.29 is 23.0 Å². The maximum Gasteiger partial charge on any atom is 0.200 e. The number of rotatable bonds is 6. The van der Waals surface area contributed by atoms with Gasteiger partial charge in [-0.25, -0.2) is 4.39 Å². The molecule has 2 aliphatic carbocycles. The summed E-state index contributed by atoms with van der Waals surface area (Å²) in [5, 5.41) is 0. The van der Waals surface area contributed by atoms with Gasteiger partial charge in [0.05, 0.1) is 19.8 Å². The minimum absolute atomic E-state index is 0.0162. The zero-order valence-electron chi connectivity index (χ0n) is 19.5. The van der Waals surface area contributed by atoms with Crippen LogP contribution in [0.4, 0.5) is 8.78 Å². The highest BCUT2D eigenvalue weighted by Crippen LogP contribution is 2.45. The summed E-state index contributed by atoms with van der Waals surface area (Å²) in [4.78, 5) is 0. The Bertz CT molecular complexity index is 756. The Morgan fingerprint density at radius 3 is 2.06 bits per heavy atom. The fourth-order valence-corrected chi connectivity index (χ4v) is 6.11. The van der Waals surface area contributed by atoms with E-state index in [0.717, 1.165) is 44.8 Å². The summed E-state index contributed by atoms with van der Waals surface area (Å²) in [7, 11) is 0. The maximum atomic E-state index is 14.6. The molecule has 0 bridgehead atoms. The van der Waals surface area contributed by atoms with E-state index in [1.807, 2.05) is 6.92 Å². The number of allylic oxidation sites excluding steroid dienone is 1. The van der Waals surface area contributed by atoms with E-state index in [1.54, 1.807) is 19.1 Å². The van der Waals surface area contributed by atoms with Gasteiger partial charge in [-0.3, -0.25) is 0 Å². The average molecular weight is 449 g/mol. The Morgan fingerprint density at radius 1 is 0.875 bits per heavy atom. The molecule has 2 saturated carbocycles. The Labute approximate surface area is 191 Å². The van der Waals surface area contributed by atoms with Crippen molar-refractivity contribution in [2.24, 2.45) is 23.7 Å². The Morgan fingerprint density at radius 2 is 1.47 bits per heavy atom. The highest BCUT2D eigenvalue weighted by molar-refractivity contribution is 5.33. The predicted molar refractivity (Wildman–Crippen MR) is 122 cm³/mol. The van der Waals surface area contributed by atoms with Gasteiger partial charge in [-0.2, -0.15) is 4.39 Å². The van der Waals surface area contributed by atoms with Crippen LogP contribution in [-0.2, 0) is 9.47 Å². The molecule has 0 radical (unpaired) electrons. The Kier molecular flexibility index (Phi) is 8.22. The van der Waals surface area contributed by atoms with Crippen LogP contribution in [0.2, 0.25) is 0 Å². The summed E-state index contributed by atoms with van der Waals surface area (Å²) in [6.07, 6.45) is 13.1. The molecule has 1 aromatic rings. The molecule has 1 aliphatic heterocycles. The molecule has 1 aromatic carbocycles. The third kappa shape index (κ3) is 5.36. The fourth-order valence-electron chi connectivity index (χ4n) is 6.11. The molecule has 3 aliphatic rings. The lowest BCUT2D eigenvalue weighted by Gasteiger charge is -2.41. The Balaban J connectivity index is 1.24.